The molecule has 5 nitrogen and oxygen atoms in total. The lowest BCUT2D eigenvalue weighted by atomic mass is 9.94. The summed E-state index contributed by atoms with van der Waals surface area (Å²) in [6.45, 7) is 1.18. The Morgan fingerprint density at radius 1 is 0.974 bits per heavy atom. The number of methoxy groups -OCH3 is 1. The van der Waals surface area contributed by atoms with Gasteiger partial charge in [-0.3, -0.25) is 4.79 Å². The standard InChI is InChI=1S/C32H30N2O3S/c1-33-20-26(25-10-6-7-11-27(25)33)32(35)34-16-14-24-15-17-38-31(24)28(34)18-23-12-13-29(30(19-23)36-2)37-21-22-8-4-3-5-9-22/h3-13,15,17,19-20,28H,14,16,18,21H2,1-2H3. The fourth-order valence-electron chi connectivity index (χ4n) is 5.41. The van der Waals surface area contributed by atoms with Gasteiger partial charge in [-0.15, -0.1) is 11.3 Å². The van der Waals surface area contributed by atoms with Crippen molar-refractivity contribution in [2.24, 2.45) is 7.05 Å². The van der Waals surface area contributed by atoms with Crippen molar-refractivity contribution in [3.63, 3.8) is 0 Å². The van der Waals surface area contributed by atoms with Crippen LogP contribution in [0.4, 0.5) is 0 Å². The van der Waals surface area contributed by atoms with Crippen LogP contribution >= 0.6 is 11.3 Å². The first-order valence-electron chi connectivity index (χ1n) is 12.9. The topological polar surface area (TPSA) is 43.7 Å². The maximum atomic E-state index is 14.0. The third-order valence-corrected chi connectivity index (χ3v) is 8.42. The van der Waals surface area contributed by atoms with E-state index in [4.69, 9.17) is 9.47 Å². The monoisotopic (exact) mass is 522 g/mol. The molecule has 3 heterocycles. The number of aromatic nitrogens is 1. The number of carbonyl (C=O) groups is 1. The Bertz CT molecular complexity index is 1590. The Hall–Kier alpha value is -4.03. The zero-order valence-electron chi connectivity index (χ0n) is 21.6. The van der Waals surface area contributed by atoms with Crippen LogP contribution in [-0.2, 0) is 26.5 Å². The van der Waals surface area contributed by atoms with Gasteiger partial charge in [0, 0.05) is 35.6 Å². The van der Waals surface area contributed by atoms with Gasteiger partial charge in [-0.1, -0.05) is 54.6 Å². The minimum Gasteiger partial charge on any atom is -0.493 e. The molecule has 0 aliphatic carbocycles. The van der Waals surface area contributed by atoms with Crippen LogP contribution in [0.3, 0.4) is 0 Å². The van der Waals surface area contributed by atoms with Gasteiger partial charge in [-0.25, -0.2) is 0 Å². The lowest BCUT2D eigenvalue weighted by molar-refractivity contribution is 0.0666. The number of carbonyl (C=O) groups excluding carboxylic acids is 1. The van der Waals surface area contributed by atoms with Gasteiger partial charge in [0.05, 0.1) is 18.7 Å². The summed E-state index contributed by atoms with van der Waals surface area (Å²) < 4.78 is 13.8. The van der Waals surface area contributed by atoms with Crippen molar-refractivity contribution in [2.45, 2.75) is 25.5 Å². The Morgan fingerprint density at radius 3 is 2.63 bits per heavy atom. The van der Waals surface area contributed by atoms with Gasteiger partial charge in [-0.05, 0) is 59.2 Å². The molecule has 3 aromatic carbocycles. The Kier molecular flexibility index (Phi) is 6.64. The van der Waals surface area contributed by atoms with Gasteiger partial charge in [-0.2, -0.15) is 0 Å². The number of fused-ring (bicyclic) bond motifs is 2. The summed E-state index contributed by atoms with van der Waals surface area (Å²) in [7, 11) is 3.67. The van der Waals surface area contributed by atoms with Crippen LogP contribution in [0, 0.1) is 0 Å². The first-order valence-corrected chi connectivity index (χ1v) is 13.8. The Labute approximate surface area is 226 Å². The number of para-hydroxylation sites is 1. The molecule has 38 heavy (non-hydrogen) atoms. The van der Waals surface area contributed by atoms with Gasteiger partial charge < -0.3 is 18.9 Å². The van der Waals surface area contributed by atoms with Crippen molar-refractivity contribution in [3.8, 4) is 11.5 Å². The summed E-state index contributed by atoms with van der Waals surface area (Å²) in [6, 6.07) is 26.5. The average Bonchev–Trinajstić information content (AvgIpc) is 3.57. The van der Waals surface area contributed by atoms with E-state index in [0.717, 1.165) is 34.0 Å². The second kappa shape index (κ2) is 10.4. The summed E-state index contributed by atoms with van der Waals surface area (Å²) in [5.74, 6) is 1.50. The van der Waals surface area contributed by atoms with Gasteiger partial charge >= 0.3 is 0 Å². The van der Waals surface area contributed by atoms with E-state index in [0.29, 0.717) is 31.1 Å². The number of ether oxygens (including phenoxy) is 2. The summed E-state index contributed by atoms with van der Waals surface area (Å²) >= 11 is 1.74. The van der Waals surface area contributed by atoms with E-state index in [2.05, 4.69) is 28.5 Å². The van der Waals surface area contributed by atoms with Crippen molar-refractivity contribution in [3.05, 3.63) is 118 Å². The second-order valence-electron chi connectivity index (χ2n) is 9.71. The third-order valence-electron chi connectivity index (χ3n) is 7.36. The van der Waals surface area contributed by atoms with Crippen molar-refractivity contribution in [2.75, 3.05) is 13.7 Å². The highest BCUT2D eigenvalue weighted by Gasteiger charge is 2.33. The number of nitrogens with zero attached hydrogens (tertiary/aromatic N) is 2. The molecule has 0 radical (unpaired) electrons. The number of benzene rings is 3. The van der Waals surface area contributed by atoms with E-state index in [1.165, 1.54) is 10.4 Å². The molecule has 1 amide bonds. The molecule has 1 aliphatic rings. The van der Waals surface area contributed by atoms with Crippen LogP contribution in [0.1, 0.15) is 38.0 Å². The number of aryl methyl sites for hydroxylation is 1. The quantitative estimate of drug-likeness (QED) is 0.236. The van der Waals surface area contributed by atoms with Crippen LogP contribution in [-0.4, -0.2) is 29.0 Å². The highest BCUT2D eigenvalue weighted by molar-refractivity contribution is 7.10. The van der Waals surface area contributed by atoms with Crippen molar-refractivity contribution < 1.29 is 14.3 Å². The molecule has 6 heteroatoms. The lowest BCUT2D eigenvalue weighted by Gasteiger charge is -2.36. The number of thiophene rings is 1. The van der Waals surface area contributed by atoms with Crippen LogP contribution in [0.15, 0.2) is 90.4 Å². The molecular weight excluding hydrogens is 492 g/mol. The molecule has 5 aromatic rings. The first kappa shape index (κ1) is 24.3. The summed E-state index contributed by atoms with van der Waals surface area (Å²) in [4.78, 5) is 17.4. The molecule has 0 bridgehead atoms. The maximum Gasteiger partial charge on any atom is 0.256 e. The summed E-state index contributed by atoms with van der Waals surface area (Å²) in [5.41, 5.74) is 5.38. The summed E-state index contributed by atoms with van der Waals surface area (Å²) in [5, 5.41) is 3.14. The van der Waals surface area contributed by atoms with E-state index in [1.54, 1.807) is 18.4 Å². The van der Waals surface area contributed by atoms with Crippen LogP contribution in [0.2, 0.25) is 0 Å². The molecule has 192 valence electrons. The SMILES string of the molecule is COc1cc(CC2c3sccc3CCN2C(=O)c2cn(C)c3ccccc23)ccc1OCc1ccccc1. The largest absolute Gasteiger partial charge is 0.493 e. The number of hydrogen-bond acceptors (Lipinski definition) is 4. The predicted octanol–water partition coefficient (Wildman–Crippen LogP) is 6.81. The van der Waals surface area contributed by atoms with Crippen molar-refractivity contribution in [1.29, 1.82) is 0 Å². The number of rotatable bonds is 7. The minimum atomic E-state index is -0.0361. The second-order valence-corrected chi connectivity index (χ2v) is 10.7. The van der Waals surface area contributed by atoms with Crippen molar-refractivity contribution in [1.82, 2.24) is 9.47 Å². The molecule has 6 rings (SSSR count). The van der Waals surface area contributed by atoms with E-state index >= 15 is 0 Å². The highest BCUT2D eigenvalue weighted by atomic mass is 32.1. The molecule has 0 fully saturated rings. The van der Waals surface area contributed by atoms with Gasteiger partial charge in [0.1, 0.15) is 6.61 Å². The Balaban J connectivity index is 1.29. The molecule has 0 spiro atoms. The lowest BCUT2D eigenvalue weighted by Crippen LogP contribution is -2.40. The normalized spacial score (nSPS) is 14.9. The van der Waals surface area contributed by atoms with Crippen molar-refractivity contribution >= 4 is 28.1 Å². The van der Waals surface area contributed by atoms with E-state index in [1.807, 2.05) is 78.5 Å². The fraction of sp³-hybridized carbons (Fsp3) is 0.219. The molecule has 1 unspecified atom stereocenters. The van der Waals surface area contributed by atoms with Crippen LogP contribution in [0.5, 0.6) is 11.5 Å². The van der Waals surface area contributed by atoms with E-state index < -0.39 is 0 Å². The first-order chi connectivity index (χ1) is 18.6. The average molecular weight is 523 g/mol. The molecule has 1 aliphatic heterocycles. The smallest absolute Gasteiger partial charge is 0.256 e. The molecule has 0 saturated carbocycles. The van der Waals surface area contributed by atoms with Crippen LogP contribution < -0.4 is 9.47 Å². The van der Waals surface area contributed by atoms with Gasteiger partial charge in [0.2, 0.25) is 0 Å². The van der Waals surface area contributed by atoms with E-state index in [9.17, 15) is 4.79 Å². The zero-order valence-corrected chi connectivity index (χ0v) is 22.4. The highest BCUT2D eigenvalue weighted by Crippen LogP contribution is 2.39. The van der Waals surface area contributed by atoms with Crippen LogP contribution in [0.25, 0.3) is 10.9 Å². The molecule has 1 atom stereocenters. The summed E-state index contributed by atoms with van der Waals surface area (Å²) in [6.07, 6.45) is 3.55. The molecule has 2 aromatic heterocycles. The number of hydrogen-bond donors (Lipinski definition) is 0. The number of amides is 1. The maximum absolute atomic E-state index is 14.0. The van der Waals surface area contributed by atoms with Gasteiger partial charge in [0.15, 0.2) is 11.5 Å². The zero-order chi connectivity index (χ0) is 26.1. The fourth-order valence-corrected chi connectivity index (χ4v) is 6.48. The molecular formula is C32H30N2O3S. The third kappa shape index (κ3) is 4.56. The Morgan fingerprint density at radius 2 is 1.79 bits per heavy atom. The predicted molar refractivity (Wildman–Crippen MR) is 152 cm³/mol. The van der Waals surface area contributed by atoms with Gasteiger partial charge in [0.25, 0.3) is 5.91 Å². The van der Waals surface area contributed by atoms with E-state index in [-0.39, 0.29) is 11.9 Å². The minimum absolute atomic E-state index is 0.0361. The molecule has 0 N–H and O–H groups in total. The molecule has 0 saturated heterocycles.